The minimum absolute atomic E-state index is 0.0360. The molecular weight excluding hydrogens is 413 g/mol. The van der Waals surface area contributed by atoms with Gasteiger partial charge in [-0.3, -0.25) is 4.79 Å². The highest BCUT2D eigenvalue weighted by Crippen LogP contribution is 2.27. The summed E-state index contributed by atoms with van der Waals surface area (Å²) in [6.45, 7) is 2.63. The van der Waals surface area contributed by atoms with Crippen LogP contribution in [0.5, 0.6) is 5.75 Å². The van der Waals surface area contributed by atoms with Gasteiger partial charge in [-0.2, -0.15) is 4.98 Å². The zero-order valence-corrected chi connectivity index (χ0v) is 17.7. The number of nitrogens with zero attached hydrogens (tertiary/aromatic N) is 3. The van der Waals surface area contributed by atoms with Crippen LogP contribution in [-0.4, -0.2) is 34.6 Å². The lowest BCUT2D eigenvalue weighted by atomic mass is 10.1. The van der Waals surface area contributed by atoms with Gasteiger partial charge in [-0.05, 0) is 37.6 Å². The first-order valence-electron chi connectivity index (χ1n) is 9.14. The zero-order chi connectivity index (χ0) is 20.8. The van der Waals surface area contributed by atoms with E-state index in [-0.39, 0.29) is 12.5 Å². The molecule has 0 atom stereocenters. The first-order valence-corrected chi connectivity index (χ1v) is 9.89. The topological polar surface area (TPSA) is 68.5 Å². The molecule has 29 heavy (non-hydrogen) atoms. The van der Waals surface area contributed by atoms with Crippen LogP contribution in [0.1, 0.15) is 24.3 Å². The van der Waals surface area contributed by atoms with Gasteiger partial charge in [0.15, 0.2) is 0 Å². The molecule has 152 valence electrons. The van der Waals surface area contributed by atoms with Gasteiger partial charge >= 0.3 is 0 Å². The summed E-state index contributed by atoms with van der Waals surface area (Å²) in [6, 6.07) is 12.9. The molecule has 0 fully saturated rings. The summed E-state index contributed by atoms with van der Waals surface area (Å²) in [4.78, 5) is 18.3. The second-order valence-electron chi connectivity index (χ2n) is 6.66. The molecule has 3 rings (SSSR count). The molecule has 0 N–H and O–H groups in total. The van der Waals surface area contributed by atoms with Crippen molar-refractivity contribution < 1.29 is 14.1 Å². The molecular formula is C21H21Cl2N3O3. The summed E-state index contributed by atoms with van der Waals surface area (Å²) in [6.07, 6.45) is 0.890. The quantitative estimate of drug-likeness (QED) is 0.458. The van der Waals surface area contributed by atoms with E-state index in [2.05, 4.69) is 10.1 Å². The number of halogens is 2. The van der Waals surface area contributed by atoms with Crippen LogP contribution in [-0.2, 0) is 11.3 Å². The molecule has 1 heterocycles. The van der Waals surface area contributed by atoms with Crippen molar-refractivity contribution in [3.63, 3.8) is 0 Å². The van der Waals surface area contributed by atoms with Crippen molar-refractivity contribution in [1.29, 1.82) is 0 Å². The Kier molecular flexibility index (Phi) is 7.12. The van der Waals surface area contributed by atoms with Gasteiger partial charge in [-0.25, -0.2) is 0 Å². The second-order valence-corrected chi connectivity index (χ2v) is 7.50. The maximum atomic E-state index is 12.3. The molecule has 0 aliphatic heterocycles. The third-order valence-corrected chi connectivity index (χ3v) is 4.76. The van der Waals surface area contributed by atoms with E-state index in [0.29, 0.717) is 47.0 Å². The van der Waals surface area contributed by atoms with Crippen molar-refractivity contribution in [2.45, 2.75) is 26.3 Å². The van der Waals surface area contributed by atoms with E-state index >= 15 is 0 Å². The fraction of sp³-hybridized carbons (Fsp3) is 0.286. The number of ether oxygens (including phenoxy) is 1. The Morgan fingerprint density at radius 3 is 2.79 bits per heavy atom. The van der Waals surface area contributed by atoms with E-state index in [0.717, 1.165) is 11.1 Å². The van der Waals surface area contributed by atoms with E-state index in [1.54, 1.807) is 30.1 Å². The highest BCUT2D eigenvalue weighted by molar-refractivity contribution is 6.35. The van der Waals surface area contributed by atoms with Crippen molar-refractivity contribution >= 4 is 29.1 Å². The Hall–Kier alpha value is -2.57. The number of rotatable bonds is 8. The van der Waals surface area contributed by atoms with Crippen molar-refractivity contribution in [3.05, 3.63) is 64.0 Å². The van der Waals surface area contributed by atoms with Crippen LogP contribution in [0.2, 0.25) is 10.0 Å². The van der Waals surface area contributed by atoms with Gasteiger partial charge in [-0.1, -0.05) is 52.1 Å². The average Bonchev–Trinajstić information content (AvgIpc) is 3.15. The molecule has 0 saturated heterocycles. The standard InChI is InChI=1S/C21H21Cl2N3O3/c1-14-5-3-6-15(11-14)21-24-19(29-25-21)13-26(2)20(27)7-4-10-28-18-9-8-16(22)12-17(18)23/h3,5-6,8-9,11-12H,4,7,10,13H2,1-2H3. The van der Waals surface area contributed by atoms with Crippen LogP contribution in [0.25, 0.3) is 11.4 Å². The summed E-state index contributed by atoms with van der Waals surface area (Å²) in [7, 11) is 1.70. The maximum Gasteiger partial charge on any atom is 0.246 e. The number of carbonyl (C=O) groups excluding carboxylic acids is 1. The predicted octanol–water partition coefficient (Wildman–Crippen LogP) is 5.17. The molecule has 1 amide bonds. The average molecular weight is 434 g/mol. The summed E-state index contributed by atoms with van der Waals surface area (Å²) in [5.74, 6) is 1.41. The highest BCUT2D eigenvalue weighted by Gasteiger charge is 2.15. The first-order chi connectivity index (χ1) is 13.9. The minimum atomic E-state index is -0.0360. The number of benzene rings is 2. The van der Waals surface area contributed by atoms with Gasteiger partial charge in [0.25, 0.3) is 0 Å². The van der Waals surface area contributed by atoms with Crippen molar-refractivity contribution in [3.8, 4) is 17.1 Å². The molecule has 0 bridgehead atoms. The van der Waals surface area contributed by atoms with Crippen molar-refractivity contribution in [2.24, 2.45) is 0 Å². The molecule has 2 aromatic carbocycles. The van der Waals surface area contributed by atoms with Gasteiger partial charge in [0.05, 0.1) is 18.2 Å². The lowest BCUT2D eigenvalue weighted by Crippen LogP contribution is -2.26. The number of aromatic nitrogens is 2. The van der Waals surface area contributed by atoms with E-state index in [1.807, 2.05) is 31.2 Å². The molecule has 0 saturated carbocycles. The maximum absolute atomic E-state index is 12.3. The van der Waals surface area contributed by atoms with Gasteiger partial charge in [0.1, 0.15) is 5.75 Å². The molecule has 3 aromatic rings. The summed E-state index contributed by atoms with van der Waals surface area (Å²) < 4.78 is 10.9. The van der Waals surface area contributed by atoms with Crippen LogP contribution in [0.15, 0.2) is 47.0 Å². The molecule has 0 aliphatic rings. The largest absolute Gasteiger partial charge is 0.492 e. The van der Waals surface area contributed by atoms with Gasteiger partial charge in [-0.15, -0.1) is 0 Å². The summed E-state index contributed by atoms with van der Waals surface area (Å²) >= 11 is 11.9. The summed E-state index contributed by atoms with van der Waals surface area (Å²) in [5, 5.41) is 4.99. The zero-order valence-electron chi connectivity index (χ0n) is 16.2. The van der Waals surface area contributed by atoms with E-state index in [4.69, 9.17) is 32.5 Å². The molecule has 0 radical (unpaired) electrons. The lowest BCUT2D eigenvalue weighted by molar-refractivity contribution is -0.131. The van der Waals surface area contributed by atoms with E-state index in [9.17, 15) is 4.79 Å². The fourth-order valence-electron chi connectivity index (χ4n) is 2.70. The number of hydrogen-bond donors (Lipinski definition) is 0. The smallest absolute Gasteiger partial charge is 0.246 e. The number of aryl methyl sites for hydroxylation is 1. The van der Waals surface area contributed by atoms with Crippen LogP contribution in [0, 0.1) is 6.92 Å². The monoisotopic (exact) mass is 433 g/mol. The SMILES string of the molecule is Cc1cccc(-c2noc(CN(C)C(=O)CCCOc3ccc(Cl)cc3Cl)n2)c1. The van der Waals surface area contributed by atoms with E-state index in [1.165, 1.54) is 0 Å². The van der Waals surface area contributed by atoms with Crippen molar-refractivity contribution in [1.82, 2.24) is 15.0 Å². The van der Waals surface area contributed by atoms with Gasteiger partial charge < -0.3 is 14.2 Å². The molecule has 0 unspecified atom stereocenters. The lowest BCUT2D eigenvalue weighted by Gasteiger charge is -2.15. The Bertz CT molecular complexity index is 991. The number of carbonyl (C=O) groups is 1. The van der Waals surface area contributed by atoms with E-state index < -0.39 is 0 Å². The predicted molar refractivity (Wildman–Crippen MR) is 112 cm³/mol. The van der Waals surface area contributed by atoms with Crippen LogP contribution in [0.3, 0.4) is 0 Å². The van der Waals surface area contributed by atoms with Crippen LogP contribution < -0.4 is 4.74 Å². The fourth-order valence-corrected chi connectivity index (χ4v) is 3.16. The molecule has 8 heteroatoms. The summed E-state index contributed by atoms with van der Waals surface area (Å²) in [5.41, 5.74) is 2.00. The normalized spacial score (nSPS) is 10.8. The minimum Gasteiger partial charge on any atom is -0.492 e. The molecule has 1 aromatic heterocycles. The van der Waals surface area contributed by atoms with Crippen molar-refractivity contribution in [2.75, 3.05) is 13.7 Å². The number of amides is 1. The Morgan fingerprint density at radius 1 is 1.21 bits per heavy atom. The third kappa shape index (κ3) is 5.95. The Balaban J connectivity index is 1.46. The molecule has 0 spiro atoms. The van der Waals surface area contributed by atoms with Crippen LogP contribution in [0.4, 0.5) is 0 Å². The molecule has 0 aliphatic carbocycles. The van der Waals surface area contributed by atoms with Crippen LogP contribution >= 0.6 is 23.2 Å². The number of hydrogen-bond acceptors (Lipinski definition) is 5. The van der Waals surface area contributed by atoms with Gasteiger partial charge in [0.2, 0.25) is 17.6 Å². The van der Waals surface area contributed by atoms with Gasteiger partial charge in [0, 0.05) is 24.1 Å². The second kappa shape index (κ2) is 9.76. The molecule has 6 nitrogen and oxygen atoms in total. The first kappa shape index (κ1) is 21.1. The Labute approximate surface area is 179 Å². The Morgan fingerprint density at radius 2 is 2.03 bits per heavy atom. The highest BCUT2D eigenvalue weighted by atomic mass is 35.5. The third-order valence-electron chi connectivity index (χ3n) is 4.23.